The lowest BCUT2D eigenvalue weighted by atomic mass is 10.1. The fraction of sp³-hybridized carbons (Fsp3) is 0.689. The number of unbranched alkanes of at least 4 members (excludes halogenated alkanes) is 3. The van der Waals surface area contributed by atoms with Crippen molar-refractivity contribution in [3.63, 3.8) is 0 Å². The number of alkyl halides is 3. The average Bonchev–Trinajstić information content (AvgIpc) is 3.28. The number of para-hydroxylation sites is 1. The molecule has 0 amide bonds. The maximum atomic E-state index is 13.1. The Morgan fingerprint density at radius 3 is 1.27 bits per heavy atom. The third-order valence-electron chi connectivity index (χ3n) is 8.52. The molecule has 0 heterocycles. The molecule has 0 saturated carbocycles. The van der Waals surface area contributed by atoms with E-state index in [1.807, 2.05) is 0 Å². The first-order valence-electron chi connectivity index (χ1n) is 22.0. The van der Waals surface area contributed by atoms with Gasteiger partial charge in [0.15, 0.2) is 0 Å². The van der Waals surface area contributed by atoms with Gasteiger partial charge in [-0.15, -0.1) is 0 Å². The molecular formula is C45H70F3NO15. The van der Waals surface area contributed by atoms with Gasteiger partial charge < -0.3 is 66.9 Å². The Bertz CT molecular complexity index is 1430. The van der Waals surface area contributed by atoms with Crippen LogP contribution < -0.4 is 5.32 Å². The molecule has 0 aliphatic rings. The van der Waals surface area contributed by atoms with Crippen LogP contribution in [0.15, 0.2) is 48.5 Å². The summed E-state index contributed by atoms with van der Waals surface area (Å²) in [6.07, 6.45) is 0.209. The van der Waals surface area contributed by atoms with Gasteiger partial charge in [-0.3, -0.25) is 4.79 Å². The Morgan fingerprint density at radius 2 is 0.859 bits per heavy atom. The molecule has 64 heavy (non-hydrogen) atoms. The number of ether oxygens (including phenoxy) is 13. The molecule has 16 nitrogen and oxygen atoms in total. The van der Waals surface area contributed by atoms with Crippen LogP contribution in [-0.2, 0) is 72.6 Å². The minimum atomic E-state index is -4.48. The Balaban J connectivity index is 1.23. The number of nitrogens with one attached hydrogen (secondary N) is 1. The molecule has 0 atom stereocenters. The van der Waals surface area contributed by atoms with Crippen LogP contribution >= 0.6 is 0 Å². The summed E-state index contributed by atoms with van der Waals surface area (Å²) in [5, 5.41) is 2.86. The van der Waals surface area contributed by atoms with Gasteiger partial charge in [0.1, 0.15) is 13.2 Å². The summed E-state index contributed by atoms with van der Waals surface area (Å²) in [5.74, 6) is -0.799. The van der Waals surface area contributed by atoms with Crippen LogP contribution in [-0.4, -0.2) is 171 Å². The Morgan fingerprint density at radius 1 is 0.469 bits per heavy atom. The summed E-state index contributed by atoms with van der Waals surface area (Å²) in [7, 11) is 0. The number of esters is 2. The van der Waals surface area contributed by atoms with Crippen molar-refractivity contribution in [3.05, 3.63) is 59.7 Å². The quantitative estimate of drug-likeness (QED) is 0.0581. The van der Waals surface area contributed by atoms with Gasteiger partial charge in [0.05, 0.1) is 162 Å². The maximum Gasteiger partial charge on any atom is 0.416 e. The van der Waals surface area contributed by atoms with Crippen molar-refractivity contribution in [3.8, 4) is 0 Å². The fourth-order valence-corrected chi connectivity index (χ4v) is 5.25. The molecule has 19 heteroatoms. The predicted molar refractivity (Wildman–Crippen MR) is 230 cm³/mol. The highest BCUT2D eigenvalue weighted by Gasteiger charge is 2.30. The Hall–Kier alpha value is -3.47. The van der Waals surface area contributed by atoms with E-state index in [1.54, 1.807) is 18.2 Å². The molecule has 2 rings (SSSR count). The summed E-state index contributed by atoms with van der Waals surface area (Å²) >= 11 is 0. The van der Waals surface area contributed by atoms with E-state index < -0.39 is 17.7 Å². The van der Waals surface area contributed by atoms with Crippen molar-refractivity contribution in [2.45, 2.75) is 45.2 Å². The van der Waals surface area contributed by atoms with Crippen LogP contribution in [0.3, 0.4) is 0 Å². The van der Waals surface area contributed by atoms with Gasteiger partial charge in [0, 0.05) is 12.1 Å². The van der Waals surface area contributed by atoms with E-state index >= 15 is 0 Å². The molecular weight excluding hydrogens is 851 g/mol. The fourth-order valence-electron chi connectivity index (χ4n) is 5.25. The summed E-state index contributed by atoms with van der Waals surface area (Å²) in [5.41, 5.74) is -0.106. The van der Waals surface area contributed by atoms with E-state index in [0.29, 0.717) is 151 Å². The molecule has 366 valence electrons. The van der Waals surface area contributed by atoms with E-state index in [1.165, 1.54) is 18.2 Å². The predicted octanol–water partition coefficient (Wildman–Crippen LogP) is 6.30. The first-order chi connectivity index (χ1) is 31.3. The topological polar surface area (TPSA) is 166 Å². The van der Waals surface area contributed by atoms with E-state index in [4.69, 9.17) is 61.6 Å². The van der Waals surface area contributed by atoms with Crippen LogP contribution in [0, 0.1) is 0 Å². The van der Waals surface area contributed by atoms with Crippen molar-refractivity contribution in [2.75, 3.05) is 164 Å². The lowest BCUT2D eigenvalue weighted by Crippen LogP contribution is -2.16. The highest BCUT2D eigenvalue weighted by atomic mass is 19.4. The second-order valence-corrected chi connectivity index (χ2v) is 13.7. The van der Waals surface area contributed by atoms with Crippen molar-refractivity contribution in [2.24, 2.45) is 0 Å². The second kappa shape index (κ2) is 39.9. The van der Waals surface area contributed by atoms with Crippen LogP contribution in [0.1, 0.15) is 54.9 Å². The molecule has 0 aliphatic carbocycles. The standard InChI is InChI=1S/C45H70F3NO15/c1-2-3-4-5-13-43(50)63-36-34-61-32-30-59-28-26-57-24-22-55-20-18-53-16-14-52-15-17-54-19-21-56-23-25-58-27-29-60-31-33-62-35-37-64-44(51)41-11-6-7-12-42(41)49-40-10-8-9-39(38-40)45(46,47)48/h6-12,38,49H,2-5,13-37H2,1H3. The van der Waals surface area contributed by atoms with Crippen LogP contribution in [0.5, 0.6) is 0 Å². The first-order valence-corrected chi connectivity index (χ1v) is 22.0. The zero-order valence-electron chi connectivity index (χ0n) is 37.4. The first kappa shape index (κ1) is 56.7. The highest BCUT2D eigenvalue weighted by molar-refractivity contribution is 5.96. The van der Waals surface area contributed by atoms with E-state index in [0.717, 1.165) is 37.8 Å². The van der Waals surface area contributed by atoms with Crippen molar-refractivity contribution >= 4 is 23.3 Å². The van der Waals surface area contributed by atoms with Crippen LogP contribution in [0.4, 0.5) is 24.5 Å². The molecule has 0 fully saturated rings. The molecule has 0 aromatic heterocycles. The SMILES string of the molecule is CCCCCCC(=O)OCCOCCOCCOCCOCCOCCOCCOCCOCCOCCOCCOCCOC(=O)c1ccccc1Nc1cccc(C(F)(F)F)c1. The minimum absolute atomic E-state index is 0.00800. The number of carbonyl (C=O) groups is 2. The van der Waals surface area contributed by atoms with Crippen LogP contribution in [0.25, 0.3) is 0 Å². The molecule has 0 aliphatic heterocycles. The Labute approximate surface area is 375 Å². The largest absolute Gasteiger partial charge is 0.463 e. The van der Waals surface area contributed by atoms with Crippen molar-refractivity contribution in [1.29, 1.82) is 0 Å². The molecule has 2 aromatic rings. The number of hydrogen-bond donors (Lipinski definition) is 1. The summed E-state index contributed by atoms with van der Waals surface area (Å²) in [4.78, 5) is 24.2. The molecule has 0 saturated heterocycles. The van der Waals surface area contributed by atoms with Crippen molar-refractivity contribution in [1.82, 2.24) is 0 Å². The molecule has 2 aromatic carbocycles. The zero-order chi connectivity index (χ0) is 46.0. The van der Waals surface area contributed by atoms with Crippen molar-refractivity contribution < 1.29 is 84.3 Å². The van der Waals surface area contributed by atoms with Gasteiger partial charge in [-0.1, -0.05) is 44.4 Å². The third kappa shape index (κ3) is 32.2. The molecule has 1 N–H and O–H groups in total. The van der Waals surface area contributed by atoms with Crippen LogP contribution in [0.2, 0.25) is 0 Å². The number of carbonyl (C=O) groups excluding carboxylic acids is 2. The monoisotopic (exact) mass is 921 g/mol. The number of rotatable bonds is 44. The normalized spacial score (nSPS) is 11.6. The second-order valence-electron chi connectivity index (χ2n) is 13.7. The Kier molecular flexibility index (Phi) is 35.3. The van der Waals surface area contributed by atoms with Gasteiger partial charge in [-0.25, -0.2) is 4.79 Å². The van der Waals surface area contributed by atoms with Gasteiger partial charge in [0.2, 0.25) is 0 Å². The maximum absolute atomic E-state index is 13.1. The van der Waals surface area contributed by atoms with E-state index in [-0.39, 0.29) is 37.0 Å². The lowest BCUT2D eigenvalue weighted by Gasteiger charge is -2.13. The number of halogens is 3. The molecule has 0 bridgehead atoms. The number of benzene rings is 2. The third-order valence-corrected chi connectivity index (χ3v) is 8.52. The summed E-state index contributed by atoms with van der Waals surface area (Å²) in [6, 6.07) is 11.1. The summed E-state index contributed by atoms with van der Waals surface area (Å²) in [6.45, 7) is 11.5. The van der Waals surface area contributed by atoms with Gasteiger partial charge in [-0.05, 0) is 36.8 Å². The van der Waals surface area contributed by atoms with Gasteiger partial charge >= 0.3 is 18.1 Å². The summed E-state index contributed by atoms with van der Waals surface area (Å²) < 4.78 is 110. The lowest BCUT2D eigenvalue weighted by molar-refractivity contribution is -0.145. The van der Waals surface area contributed by atoms with Gasteiger partial charge in [0.25, 0.3) is 0 Å². The number of anilines is 2. The van der Waals surface area contributed by atoms with Gasteiger partial charge in [-0.2, -0.15) is 13.2 Å². The molecule has 0 spiro atoms. The zero-order valence-corrected chi connectivity index (χ0v) is 37.4. The van der Waals surface area contributed by atoms with E-state index in [9.17, 15) is 22.8 Å². The number of hydrogen-bond acceptors (Lipinski definition) is 16. The average molecular weight is 922 g/mol. The minimum Gasteiger partial charge on any atom is -0.463 e. The smallest absolute Gasteiger partial charge is 0.416 e. The molecule has 0 unspecified atom stereocenters. The van der Waals surface area contributed by atoms with E-state index in [2.05, 4.69) is 12.2 Å². The molecule has 0 radical (unpaired) electrons. The highest BCUT2D eigenvalue weighted by Crippen LogP contribution is 2.32.